The van der Waals surface area contributed by atoms with Crippen LogP contribution < -0.4 is 0 Å². The second kappa shape index (κ2) is 5.04. The Hall–Kier alpha value is -0.420. The molecule has 4 aliphatic rings. The molecule has 4 fully saturated rings. The predicted octanol–water partition coefficient (Wildman–Crippen LogP) is 3.36. The minimum Gasteiger partial charge on any atom is -0.431 e. The first-order chi connectivity index (χ1) is 10.5. The van der Waals surface area contributed by atoms with E-state index >= 15 is 0 Å². The summed E-state index contributed by atoms with van der Waals surface area (Å²) in [6.45, 7) is 1.85. The van der Waals surface area contributed by atoms with Gasteiger partial charge in [0, 0.05) is 19.3 Å². The van der Waals surface area contributed by atoms with Gasteiger partial charge in [-0.15, -0.1) is 0 Å². The van der Waals surface area contributed by atoms with Crippen molar-refractivity contribution in [2.45, 2.75) is 74.5 Å². The highest BCUT2D eigenvalue weighted by Gasteiger charge is 2.72. The molecule has 1 spiro atoms. The summed E-state index contributed by atoms with van der Waals surface area (Å²) in [7, 11) is 0. The standard InChI is InChI=1S/C17H23BrO4/c1-16-9-8-12-14(19)13(18)10-6-4-2-3-5-7-11(10)17(12,22-16)15(20)21-16/h10-13H,2-9H2,1H3/t10-,11+,12-,13-,16-,17+/m0/s1. The zero-order valence-electron chi connectivity index (χ0n) is 13.0. The Morgan fingerprint density at radius 1 is 1.09 bits per heavy atom. The van der Waals surface area contributed by atoms with Gasteiger partial charge in [-0.25, -0.2) is 4.79 Å². The molecule has 0 unspecified atom stereocenters. The van der Waals surface area contributed by atoms with Crippen molar-refractivity contribution < 1.29 is 19.1 Å². The SMILES string of the molecule is C[C@@]12CC[C@H]3C(=O)[C@@H](Br)[C@H]4CCCCCC[C@H]4[C@]3(O1)C(=O)O2. The van der Waals surface area contributed by atoms with Gasteiger partial charge in [-0.3, -0.25) is 4.79 Å². The summed E-state index contributed by atoms with van der Waals surface area (Å²) in [4.78, 5) is 25.6. The summed E-state index contributed by atoms with van der Waals surface area (Å²) in [5, 5.41) is 0. The van der Waals surface area contributed by atoms with E-state index < -0.39 is 11.4 Å². The van der Waals surface area contributed by atoms with Crippen LogP contribution in [0.25, 0.3) is 0 Å². The van der Waals surface area contributed by atoms with Crippen LogP contribution in [0.5, 0.6) is 0 Å². The van der Waals surface area contributed by atoms with Gasteiger partial charge in [0.05, 0.1) is 10.7 Å². The normalized spacial score (nSPS) is 51.4. The molecule has 2 saturated carbocycles. The zero-order chi connectivity index (χ0) is 15.5. The zero-order valence-corrected chi connectivity index (χ0v) is 14.6. The lowest BCUT2D eigenvalue weighted by Crippen LogP contribution is -2.64. The Kier molecular flexibility index (Phi) is 3.46. The van der Waals surface area contributed by atoms with E-state index in [2.05, 4.69) is 15.9 Å². The van der Waals surface area contributed by atoms with Crippen LogP contribution in [0.15, 0.2) is 0 Å². The van der Waals surface area contributed by atoms with Crippen molar-refractivity contribution in [2.24, 2.45) is 17.8 Å². The molecule has 4 rings (SSSR count). The lowest BCUT2D eigenvalue weighted by molar-refractivity contribution is -0.239. The van der Waals surface area contributed by atoms with E-state index in [9.17, 15) is 9.59 Å². The third kappa shape index (κ3) is 1.90. The molecule has 0 N–H and O–H groups in total. The van der Waals surface area contributed by atoms with E-state index in [-0.39, 0.29) is 34.3 Å². The molecule has 2 aliphatic heterocycles. The maximum Gasteiger partial charge on any atom is 0.342 e. The molecule has 6 atom stereocenters. The van der Waals surface area contributed by atoms with Crippen molar-refractivity contribution in [3.8, 4) is 0 Å². The van der Waals surface area contributed by atoms with E-state index in [4.69, 9.17) is 9.47 Å². The smallest absolute Gasteiger partial charge is 0.342 e. The minimum atomic E-state index is -1.00. The largest absolute Gasteiger partial charge is 0.431 e. The Bertz CT molecular complexity index is 521. The van der Waals surface area contributed by atoms with Crippen molar-refractivity contribution in [3.63, 3.8) is 0 Å². The number of carbonyl (C=O) groups excluding carboxylic acids is 2. The highest BCUT2D eigenvalue weighted by atomic mass is 79.9. The Balaban J connectivity index is 1.80. The lowest BCUT2D eigenvalue weighted by Gasteiger charge is -2.51. The third-order valence-electron chi connectivity index (χ3n) is 6.28. The monoisotopic (exact) mass is 370 g/mol. The summed E-state index contributed by atoms with van der Waals surface area (Å²) in [6.07, 6.45) is 7.94. The fourth-order valence-electron chi connectivity index (χ4n) is 5.27. The third-order valence-corrected chi connectivity index (χ3v) is 7.41. The van der Waals surface area contributed by atoms with E-state index in [1.54, 1.807) is 0 Å². The molecule has 22 heavy (non-hydrogen) atoms. The van der Waals surface area contributed by atoms with Crippen molar-refractivity contribution in [2.75, 3.05) is 0 Å². The number of ketones is 1. The van der Waals surface area contributed by atoms with Crippen LogP contribution in [-0.2, 0) is 19.1 Å². The Morgan fingerprint density at radius 3 is 2.59 bits per heavy atom. The van der Waals surface area contributed by atoms with E-state index in [0.717, 1.165) is 25.7 Å². The van der Waals surface area contributed by atoms with E-state index in [1.165, 1.54) is 12.8 Å². The number of alkyl halides is 1. The van der Waals surface area contributed by atoms with Gasteiger partial charge >= 0.3 is 5.97 Å². The molecular formula is C17H23BrO4. The van der Waals surface area contributed by atoms with Gasteiger partial charge in [-0.1, -0.05) is 41.6 Å². The Morgan fingerprint density at radius 2 is 1.82 bits per heavy atom. The second-order valence-corrected chi connectivity index (χ2v) is 8.56. The second-order valence-electron chi connectivity index (χ2n) is 7.58. The van der Waals surface area contributed by atoms with Gasteiger partial charge in [0.25, 0.3) is 0 Å². The summed E-state index contributed by atoms with van der Waals surface area (Å²) in [5.74, 6) is -0.976. The molecule has 4 nitrogen and oxygen atoms in total. The molecule has 0 radical (unpaired) electrons. The van der Waals surface area contributed by atoms with Gasteiger partial charge in [0.2, 0.25) is 5.79 Å². The van der Waals surface area contributed by atoms with Crippen LogP contribution in [-0.4, -0.2) is 28.0 Å². The van der Waals surface area contributed by atoms with Gasteiger partial charge in [0.1, 0.15) is 0 Å². The molecule has 2 bridgehead atoms. The number of rotatable bonds is 0. The first-order valence-corrected chi connectivity index (χ1v) is 9.51. The van der Waals surface area contributed by atoms with Crippen LogP contribution in [0, 0.1) is 17.8 Å². The summed E-state index contributed by atoms with van der Waals surface area (Å²) in [6, 6.07) is 0. The molecule has 0 amide bonds. The fraction of sp³-hybridized carbons (Fsp3) is 0.882. The molecular weight excluding hydrogens is 348 g/mol. The summed E-state index contributed by atoms with van der Waals surface area (Å²) < 4.78 is 11.9. The molecule has 2 heterocycles. The van der Waals surface area contributed by atoms with Crippen LogP contribution in [0.2, 0.25) is 0 Å². The number of hydrogen-bond acceptors (Lipinski definition) is 4. The van der Waals surface area contributed by atoms with Crippen molar-refractivity contribution >= 4 is 27.7 Å². The van der Waals surface area contributed by atoms with Gasteiger partial charge < -0.3 is 9.47 Å². The van der Waals surface area contributed by atoms with Crippen molar-refractivity contribution in [3.05, 3.63) is 0 Å². The lowest BCUT2D eigenvalue weighted by atomic mass is 9.58. The molecule has 2 saturated heterocycles. The number of ether oxygens (including phenoxy) is 2. The maximum atomic E-state index is 12.9. The van der Waals surface area contributed by atoms with Crippen molar-refractivity contribution in [1.29, 1.82) is 0 Å². The van der Waals surface area contributed by atoms with Gasteiger partial charge in [-0.05, 0) is 25.2 Å². The number of carbonyl (C=O) groups is 2. The number of hydrogen-bond donors (Lipinski definition) is 0. The Labute approximate surface area is 139 Å². The van der Waals surface area contributed by atoms with Crippen LogP contribution in [0.4, 0.5) is 0 Å². The summed E-state index contributed by atoms with van der Waals surface area (Å²) in [5.41, 5.74) is -1.00. The van der Waals surface area contributed by atoms with Crippen LogP contribution in [0.1, 0.15) is 58.3 Å². The highest BCUT2D eigenvalue weighted by Crippen LogP contribution is 2.59. The number of esters is 1. The van der Waals surface area contributed by atoms with Gasteiger partial charge in [-0.2, -0.15) is 0 Å². The van der Waals surface area contributed by atoms with E-state index in [1.807, 2.05) is 6.92 Å². The minimum absolute atomic E-state index is 0.106. The molecule has 5 heteroatoms. The highest BCUT2D eigenvalue weighted by molar-refractivity contribution is 9.10. The average Bonchev–Trinajstić information content (AvgIpc) is 2.63. The predicted molar refractivity (Wildman–Crippen MR) is 83.4 cm³/mol. The average molecular weight is 371 g/mol. The number of halogens is 1. The van der Waals surface area contributed by atoms with E-state index in [0.29, 0.717) is 12.8 Å². The van der Waals surface area contributed by atoms with Crippen LogP contribution in [0.3, 0.4) is 0 Å². The molecule has 0 aromatic heterocycles. The molecule has 0 aromatic carbocycles. The molecule has 0 aromatic rings. The van der Waals surface area contributed by atoms with Gasteiger partial charge in [0.15, 0.2) is 11.4 Å². The maximum absolute atomic E-state index is 12.9. The topological polar surface area (TPSA) is 52.6 Å². The fourth-order valence-corrected chi connectivity index (χ4v) is 6.22. The molecule has 2 aliphatic carbocycles. The van der Waals surface area contributed by atoms with Crippen LogP contribution >= 0.6 is 15.9 Å². The number of fused-ring (bicyclic) bond motifs is 2. The first-order valence-electron chi connectivity index (χ1n) is 8.59. The first kappa shape index (κ1) is 15.1. The quantitative estimate of drug-likeness (QED) is 0.484. The molecule has 122 valence electrons. The number of Topliss-reactive ketones (excluding diaryl/α,β-unsaturated/α-hetero) is 1. The summed E-state index contributed by atoms with van der Waals surface area (Å²) >= 11 is 3.66. The van der Waals surface area contributed by atoms with Crippen molar-refractivity contribution in [1.82, 2.24) is 0 Å².